The Kier molecular flexibility index (Phi) is 3.32. The summed E-state index contributed by atoms with van der Waals surface area (Å²) < 4.78 is 45.5. The Bertz CT molecular complexity index is 79.1. The molecule has 0 saturated carbocycles. The lowest BCUT2D eigenvalue weighted by atomic mass is 10.7. The molecule has 0 radical (unpaired) electrons. The van der Waals surface area contributed by atoms with Crippen LogP contribution in [-0.2, 0) is 0 Å². The van der Waals surface area contributed by atoms with Gasteiger partial charge in [0.25, 0.3) is 0 Å². The van der Waals surface area contributed by atoms with Gasteiger partial charge in [0, 0.05) is 0 Å². The van der Waals surface area contributed by atoms with Gasteiger partial charge in [0.2, 0.25) is 5.50 Å². The molecule has 0 amide bonds. The van der Waals surface area contributed by atoms with Gasteiger partial charge in [-0.15, -0.1) is 11.8 Å². The Morgan fingerprint density at radius 1 is 1.44 bits per heavy atom. The van der Waals surface area contributed by atoms with Crippen molar-refractivity contribution < 1.29 is 17.6 Å². The molecule has 0 heterocycles. The van der Waals surface area contributed by atoms with E-state index in [9.17, 15) is 17.6 Å². The largest absolute Gasteiger partial charge is 0.429 e. The second-order valence-corrected chi connectivity index (χ2v) is 2.64. The average Bonchev–Trinajstić information content (AvgIpc) is 1.64. The molecule has 0 aliphatic rings. The summed E-state index contributed by atoms with van der Waals surface area (Å²) in [6.07, 6.45) is -4.69. The normalized spacial score (nSPS) is 15.7. The minimum absolute atomic E-state index is 0.140. The van der Waals surface area contributed by atoms with Gasteiger partial charge in [-0.1, -0.05) is 6.92 Å². The molecule has 0 aliphatic carbocycles. The highest BCUT2D eigenvalue weighted by Crippen LogP contribution is 2.30. The molecular weight excluding hydrogens is 156 g/mol. The number of alkyl halides is 4. The summed E-state index contributed by atoms with van der Waals surface area (Å²) in [4.78, 5) is 0. The summed E-state index contributed by atoms with van der Waals surface area (Å²) in [5.41, 5.74) is -2.72. The number of hydrogen-bond donors (Lipinski definition) is 0. The third kappa shape index (κ3) is 3.61. The summed E-state index contributed by atoms with van der Waals surface area (Å²) >= 11 is 0.247. The fourth-order valence-corrected chi connectivity index (χ4v) is 0.722. The maximum Gasteiger partial charge on any atom is 0.429 e. The highest BCUT2D eigenvalue weighted by Gasteiger charge is 2.39. The van der Waals surface area contributed by atoms with E-state index in [1.807, 2.05) is 0 Å². The topological polar surface area (TPSA) is 0 Å². The molecule has 0 aromatic rings. The van der Waals surface area contributed by atoms with E-state index in [1.54, 1.807) is 0 Å². The molecule has 1 unspecified atom stereocenters. The third-order valence-electron chi connectivity index (χ3n) is 0.570. The minimum atomic E-state index is -4.69. The standard InChI is InChI=1S/C4H6F4S/c1-2-9-3(5)4(6,7)8/h3H,2H2,1H3. The molecule has 5 heteroatoms. The molecule has 0 aromatic carbocycles. The zero-order valence-corrected chi connectivity index (χ0v) is 5.52. The van der Waals surface area contributed by atoms with Gasteiger partial charge in [0.15, 0.2) is 0 Å². The van der Waals surface area contributed by atoms with Crippen molar-refractivity contribution in [3.8, 4) is 0 Å². The number of halogens is 4. The van der Waals surface area contributed by atoms with Gasteiger partial charge < -0.3 is 0 Å². The quantitative estimate of drug-likeness (QED) is 0.562. The van der Waals surface area contributed by atoms with Gasteiger partial charge in [-0.2, -0.15) is 13.2 Å². The van der Waals surface area contributed by atoms with Crippen LogP contribution in [0.25, 0.3) is 0 Å². The molecule has 0 aromatic heterocycles. The molecule has 0 fully saturated rings. The Labute approximate surface area is 54.6 Å². The number of rotatable bonds is 2. The van der Waals surface area contributed by atoms with E-state index in [0.29, 0.717) is 0 Å². The first-order valence-electron chi connectivity index (χ1n) is 2.31. The summed E-state index contributed by atoms with van der Waals surface area (Å²) in [6.45, 7) is 1.48. The lowest BCUT2D eigenvalue weighted by Gasteiger charge is -2.09. The van der Waals surface area contributed by atoms with Crippen molar-refractivity contribution in [2.75, 3.05) is 5.75 Å². The summed E-state index contributed by atoms with van der Waals surface area (Å²) in [5.74, 6) is 0.140. The van der Waals surface area contributed by atoms with Gasteiger partial charge >= 0.3 is 6.18 Å². The van der Waals surface area contributed by atoms with Crippen LogP contribution in [0.1, 0.15) is 6.92 Å². The maximum atomic E-state index is 11.7. The molecule has 0 nitrogen and oxygen atoms in total. The minimum Gasteiger partial charge on any atom is -0.225 e. The van der Waals surface area contributed by atoms with E-state index in [2.05, 4.69) is 0 Å². The van der Waals surface area contributed by atoms with Crippen molar-refractivity contribution in [3.63, 3.8) is 0 Å². The van der Waals surface area contributed by atoms with Crippen molar-refractivity contribution >= 4 is 11.8 Å². The van der Waals surface area contributed by atoms with Crippen LogP contribution in [0.5, 0.6) is 0 Å². The predicted octanol–water partition coefficient (Wildman–Crippen LogP) is 2.60. The van der Waals surface area contributed by atoms with Crippen LogP contribution >= 0.6 is 11.8 Å². The summed E-state index contributed by atoms with van der Waals surface area (Å²) in [7, 11) is 0. The molecule has 0 rings (SSSR count). The monoisotopic (exact) mass is 162 g/mol. The van der Waals surface area contributed by atoms with Crippen LogP contribution in [0.3, 0.4) is 0 Å². The van der Waals surface area contributed by atoms with Gasteiger partial charge in [0.05, 0.1) is 0 Å². The number of thioether (sulfide) groups is 1. The van der Waals surface area contributed by atoms with Crippen LogP contribution in [0.15, 0.2) is 0 Å². The second-order valence-electron chi connectivity index (χ2n) is 1.31. The Morgan fingerprint density at radius 2 is 1.89 bits per heavy atom. The smallest absolute Gasteiger partial charge is 0.225 e. The van der Waals surface area contributed by atoms with Crippen LogP contribution in [-0.4, -0.2) is 17.4 Å². The Hall–Kier alpha value is 0.0700. The van der Waals surface area contributed by atoms with Crippen molar-refractivity contribution in [2.45, 2.75) is 18.6 Å². The van der Waals surface area contributed by atoms with E-state index >= 15 is 0 Å². The SMILES string of the molecule is CCSC(F)C(F)(F)F. The van der Waals surface area contributed by atoms with Crippen LogP contribution < -0.4 is 0 Å². The Morgan fingerprint density at radius 3 is 2.00 bits per heavy atom. The second kappa shape index (κ2) is 3.29. The lowest BCUT2D eigenvalue weighted by molar-refractivity contribution is -0.153. The van der Waals surface area contributed by atoms with E-state index in [4.69, 9.17) is 0 Å². The first kappa shape index (κ1) is 9.07. The van der Waals surface area contributed by atoms with Crippen molar-refractivity contribution in [1.82, 2.24) is 0 Å². The lowest BCUT2D eigenvalue weighted by Crippen LogP contribution is -2.20. The summed E-state index contributed by atoms with van der Waals surface area (Å²) in [6, 6.07) is 0. The average molecular weight is 162 g/mol. The fraction of sp³-hybridized carbons (Fsp3) is 1.00. The molecule has 1 atom stereocenters. The molecule has 9 heavy (non-hydrogen) atoms. The highest BCUT2D eigenvalue weighted by molar-refractivity contribution is 7.99. The molecule has 0 spiro atoms. The van der Waals surface area contributed by atoms with Crippen LogP contribution in [0.4, 0.5) is 17.6 Å². The van der Waals surface area contributed by atoms with Crippen LogP contribution in [0.2, 0.25) is 0 Å². The first-order chi connectivity index (χ1) is 3.98. The van der Waals surface area contributed by atoms with Gasteiger partial charge in [0.1, 0.15) is 0 Å². The van der Waals surface area contributed by atoms with E-state index in [0.717, 1.165) is 0 Å². The zero-order valence-electron chi connectivity index (χ0n) is 4.70. The predicted molar refractivity (Wildman–Crippen MR) is 29.1 cm³/mol. The number of hydrogen-bond acceptors (Lipinski definition) is 1. The van der Waals surface area contributed by atoms with Crippen molar-refractivity contribution in [3.05, 3.63) is 0 Å². The molecular formula is C4H6F4S. The fourth-order valence-electron chi connectivity index (χ4n) is 0.241. The van der Waals surface area contributed by atoms with Gasteiger partial charge in [-0.3, -0.25) is 0 Å². The molecule has 56 valence electrons. The van der Waals surface area contributed by atoms with Gasteiger partial charge in [-0.05, 0) is 5.75 Å². The summed E-state index contributed by atoms with van der Waals surface area (Å²) in [5, 5.41) is 0. The Balaban J connectivity index is 3.59. The van der Waals surface area contributed by atoms with E-state index in [-0.39, 0.29) is 17.5 Å². The van der Waals surface area contributed by atoms with Crippen LogP contribution in [0, 0.1) is 0 Å². The van der Waals surface area contributed by atoms with E-state index in [1.165, 1.54) is 6.92 Å². The zero-order chi connectivity index (χ0) is 7.49. The molecule has 0 N–H and O–H groups in total. The third-order valence-corrected chi connectivity index (χ3v) is 1.46. The molecule has 0 aliphatic heterocycles. The highest BCUT2D eigenvalue weighted by atomic mass is 32.2. The van der Waals surface area contributed by atoms with Gasteiger partial charge in [-0.25, -0.2) is 4.39 Å². The molecule has 0 bridgehead atoms. The van der Waals surface area contributed by atoms with Crippen molar-refractivity contribution in [2.24, 2.45) is 0 Å². The van der Waals surface area contributed by atoms with Crippen molar-refractivity contribution in [1.29, 1.82) is 0 Å². The maximum absolute atomic E-state index is 11.7. The van der Waals surface area contributed by atoms with E-state index < -0.39 is 11.7 Å². The molecule has 0 saturated heterocycles. The first-order valence-corrected chi connectivity index (χ1v) is 3.35.